The highest BCUT2D eigenvalue weighted by Crippen LogP contribution is 2.35. The lowest BCUT2D eigenvalue weighted by Gasteiger charge is -2.14. The molecule has 1 unspecified atom stereocenters. The lowest BCUT2D eigenvalue weighted by Crippen LogP contribution is -2.09. The molecule has 0 saturated heterocycles. The summed E-state index contributed by atoms with van der Waals surface area (Å²) in [5.41, 5.74) is 2.19. The summed E-state index contributed by atoms with van der Waals surface area (Å²) in [5, 5.41) is 17.1. The van der Waals surface area contributed by atoms with Crippen LogP contribution in [0, 0.1) is 6.92 Å². The van der Waals surface area contributed by atoms with E-state index < -0.39 is 11.9 Å². The minimum Gasteiger partial charge on any atom is -0.497 e. The summed E-state index contributed by atoms with van der Waals surface area (Å²) < 4.78 is 16.2. The van der Waals surface area contributed by atoms with Gasteiger partial charge < -0.3 is 19.0 Å². The summed E-state index contributed by atoms with van der Waals surface area (Å²) in [6.45, 7) is 1.66. The first-order valence-corrected chi connectivity index (χ1v) is 8.21. The molecule has 3 rings (SSSR count). The molecule has 0 aliphatic rings. The number of aromatic nitrogens is 3. The van der Waals surface area contributed by atoms with Gasteiger partial charge in [0.15, 0.2) is 0 Å². The van der Waals surface area contributed by atoms with E-state index in [0.717, 1.165) is 11.1 Å². The Hall–Kier alpha value is -3.42. The fraction of sp³-hybridized carbons (Fsp3) is 0.263. The van der Waals surface area contributed by atoms with E-state index in [0.29, 0.717) is 23.0 Å². The Morgan fingerprint density at radius 2 is 2.00 bits per heavy atom. The van der Waals surface area contributed by atoms with E-state index in [-0.39, 0.29) is 12.3 Å². The SMILES string of the molecule is COc1ccc(OC)c(-c2cncc(C(CC(=O)O)c3nnc(C)o3)c2)c1. The van der Waals surface area contributed by atoms with Crippen LogP contribution in [0.15, 0.2) is 41.1 Å². The van der Waals surface area contributed by atoms with E-state index in [1.165, 1.54) is 0 Å². The molecule has 3 aromatic rings. The summed E-state index contributed by atoms with van der Waals surface area (Å²) in [7, 11) is 3.16. The molecule has 0 bridgehead atoms. The van der Waals surface area contributed by atoms with Gasteiger partial charge in [-0.25, -0.2) is 0 Å². The quantitative estimate of drug-likeness (QED) is 0.677. The van der Waals surface area contributed by atoms with Crippen molar-refractivity contribution in [2.24, 2.45) is 0 Å². The maximum atomic E-state index is 11.4. The van der Waals surface area contributed by atoms with Gasteiger partial charge >= 0.3 is 5.97 Å². The molecule has 0 spiro atoms. The number of carboxylic acid groups (broad SMARTS) is 1. The zero-order valence-corrected chi connectivity index (χ0v) is 15.2. The largest absolute Gasteiger partial charge is 0.497 e. The van der Waals surface area contributed by atoms with Gasteiger partial charge in [0.25, 0.3) is 0 Å². The molecule has 8 nitrogen and oxygen atoms in total. The van der Waals surface area contributed by atoms with Crippen LogP contribution in [-0.2, 0) is 4.79 Å². The molecule has 0 radical (unpaired) electrons. The number of carbonyl (C=O) groups is 1. The lowest BCUT2D eigenvalue weighted by atomic mass is 9.94. The molecular formula is C19H19N3O5. The van der Waals surface area contributed by atoms with Crippen molar-refractivity contribution in [1.29, 1.82) is 0 Å². The van der Waals surface area contributed by atoms with Crippen molar-refractivity contribution < 1.29 is 23.8 Å². The van der Waals surface area contributed by atoms with Gasteiger partial charge in [-0.2, -0.15) is 0 Å². The average molecular weight is 369 g/mol. The van der Waals surface area contributed by atoms with Crippen LogP contribution < -0.4 is 9.47 Å². The van der Waals surface area contributed by atoms with Gasteiger partial charge in [-0.3, -0.25) is 9.78 Å². The number of rotatable bonds is 7. The Kier molecular flexibility index (Phi) is 5.35. The predicted molar refractivity (Wildman–Crippen MR) is 95.9 cm³/mol. The number of aliphatic carboxylic acids is 1. The van der Waals surface area contributed by atoms with Crippen molar-refractivity contribution >= 4 is 5.97 Å². The van der Waals surface area contributed by atoms with Gasteiger partial charge in [-0.15, -0.1) is 10.2 Å². The van der Waals surface area contributed by atoms with Gasteiger partial charge in [0, 0.05) is 30.4 Å². The van der Waals surface area contributed by atoms with Crippen LogP contribution in [0.5, 0.6) is 11.5 Å². The van der Waals surface area contributed by atoms with Crippen molar-refractivity contribution in [3.63, 3.8) is 0 Å². The number of ether oxygens (including phenoxy) is 2. The summed E-state index contributed by atoms with van der Waals surface area (Å²) in [6, 6.07) is 7.28. The molecule has 27 heavy (non-hydrogen) atoms. The molecule has 2 aromatic heterocycles. The maximum Gasteiger partial charge on any atom is 0.304 e. The van der Waals surface area contributed by atoms with Crippen molar-refractivity contribution in [2.75, 3.05) is 14.2 Å². The third kappa shape index (κ3) is 4.05. The van der Waals surface area contributed by atoms with Crippen LogP contribution in [0.3, 0.4) is 0 Å². The second-order valence-corrected chi connectivity index (χ2v) is 5.88. The molecule has 8 heteroatoms. The third-order valence-corrected chi connectivity index (χ3v) is 4.10. The molecule has 0 fully saturated rings. The Labute approximate surface area is 155 Å². The first kappa shape index (κ1) is 18.4. The molecular weight excluding hydrogens is 350 g/mol. The molecule has 0 saturated carbocycles. The van der Waals surface area contributed by atoms with E-state index in [9.17, 15) is 9.90 Å². The minimum atomic E-state index is -0.972. The number of hydrogen-bond acceptors (Lipinski definition) is 7. The summed E-state index contributed by atoms with van der Waals surface area (Å²) in [6.07, 6.45) is 3.09. The highest BCUT2D eigenvalue weighted by Gasteiger charge is 2.24. The van der Waals surface area contributed by atoms with Crippen molar-refractivity contribution in [1.82, 2.24) is 15.2 Å². The average Bonchev–Trinajstić information content (AvgIpc) is 3.11. The monoisotopic (exact) mass is 369 g/mol. The molecule has 0 aliphatic carbocycles. The van der Waals surface area contributed by atoms with E-state index in [1.807, 2.05) is 12.1 Å². The van der Waals surface area contributed by atoms with Gasteiger partial charge in [-0.05, 0) is 29.8 Å². The topological polar surface area (TPSA) is 108 Å². The highest BCUT2D eigenvalue weighted by molar-refractivity contribution is 5.73. The molecule has 0 amide bonds. The van der Waals surface area contributed by atoms with Gasteiger partial charge in [0.2, 0.25) is 11.8 Å². The van der Waals surface area contributed by atoms with E-state index in [4.69, 9.17) is 13.9 Å². The predicted octanol–water partition coefficient (Wildman–Crippen LogP) is 3.06. The van der Waals surface area contributed by atoms with Crippen LogP contribution >= 0.6 is 0 Å². The minimum absolute atomic E-state index is 0.192. The Balaban J connectivity index is 2.07. The number of carboxylic acids is 1. The van der Waals surface area contributed by atoms with Gasteiger partial charge in [-0.1, -0.05) is 0 Å². The summed E-state index contributed by atoms with van der Waals surface area (Å²) >= 11 is 0. The Morgan fingerprint density at radius 1 is 1.19 bits per heavy atom. The zero-order chi connectivity index (χ0) is 19.4. The standard InChI is InChI=1S/C19H19N3O5/c1-11-21-22-19(27-11)16(8-18(23)24)13-6-12(9-20-10-13)15-7-14(25-2)4-5-17(15)26-3/h4-7,9-10,16H,8H2,1-3H3,(H,23,24). The van der Waals surface area contributed by atoms with E-state index >= 15 is 0 Å². The van der Waals surface area contributed by atoms with Crippen LogP contribution in [0.1, 0.15) is 29.7 Å². The summed E-state index contributed by atoms with van der Waals surface area (Å²) in [4.78, 5) is 15.6. The number of benzene rings is 1. The van der Waals surface area contributed by atoms with E-state index in [1.54, 1.807) is 45.7 Å². The fourth-order valence-corrected chi connectivity index (χ4v) is 2.81. The first-order valence-electron chi connectivity index (χ1n) is 8.21. The van der Waals surface area contributed by atoms with Crippen molar-refractivity contribution in [3.05, 3.63) is 54.0 Å². The number of hydrogen-bond donors (Lipinski definition) is 1. The smallest absolute Gasteiger partial charge is 0.304 e. The molecule has 1 N–H and O–H groups in total. The zero-order valence-electron chi connectivity index (χ0n) is 15.2. The summed E-state index contributed by atoms with van der Waals surface area (Å²) in [5.74, 6) is 0.363. The van der Waals surface area contributed by atoms with Crippen LogP contribution in [0.25, 0.3) is 11.1 Å². The number of pyridine rings is 1. The van der Waals surface area contributed by atoms with Crippen LogP contribution in [-0.4, -0.2) is 40.5 Å². The van der Waals surface area contributed by atoms with Crippen molar-refractivity contribution in [2.45, 2.75) is 19.3 Å². The van der Waals surface area contributed by atoms with Crippen LogP contribution in [0.4, 0.5) is 0 Å². The van der Waals surface area contributed by atoms with Crippen molar-refractivity contribution in [3.8, 4) is 22.6 Å². The normalized spacial score (nSPS) is 11.8. The number of aryl methyl sites for hydroxylation is 1. The van der Waals surface area contributed by atoms with Crippen LogP contribution in [0.2, 0.25) is 0 Å². The molecule has 1 aromatic carbocycles. The lowest BCUT2D eigenvalue weighted by molar-refractivity contribution is -0.137. The Bertz CT molecular complexity index is 954. The number of methoxy groups -OCH3 is 2. The van der Waals surface area contributed by atoms with E-state index in [2.05, 4.69) is 15.2 Å². The highest BCUT2D eigenvalue weighted by atomic mass is 16.5. The first-order chi connectivity index (χ1) is 13.0. The Morgan fingerprint density at radius 3 is 2.63 bits per heavy atom. The second-order valence-electron chi connectivity index (χ2n) is 5.88. The molecule has 2 heterocycles. The molecule has 0 aliphatic heterocycles. The maximum absolute atomic E-state index is 11.4. The fourth-order valence-electron chi connectivity index (χ4n) is 2.81. The second kappa shape index (κ2) is 7.86. The third-order valence-electron chi connectivity index (χ3n) is 4.10. The van der Waals surface area contributed by atoms with Gasteiger partial charge in [0.1, 0.15) is 11.5 Å². The van der Waals surface area contributed by atoms with Gasteiger partial charge in [0.05, 0.1) is 26.6 Å². The molecule has 1 atom stereocenters. The number of nitrogens with zero attached hydrogens (tertiary/aromatic N) is 3. The molecule has 140 valence electrons.